The third kappa shape index (κ3) is 7.33. The van der Waals surface area contributed by atoms with Crippen LogP contribution in [0.2, 0.25) is 10.0 Å². The number of morpholine rings is 1. The van der Waals surface area contributed by atoms with Gasteiger partial charge in [-0.25, -0.2) is 0 Å². The summed E-state index contributed by atoms with van der Waals surface area (Å²) in [6.07, 6.45) is 1.44. The van der Waals surface area contributed by atoms with Crippen LogP contribution in [0.3, 0.4) is 0 Å². The van der Waals surface area contributed by atoms with Gasteiger partial charge in [-0.05, 0) is 49.2 Å². The number of amides is 1. The molecule has 1 amide bonds. The Bertz CT molecular complexity index is 1120. The van der Waals surface area contributed by atoms with Gasteiger partial charge in [-0.3, -0.25) is 8.98 Å². The monoisotopic (exact) mass is 529 g/mol. The van der Waals surface area contributed by atoms with E-state index < -0.39 is 15.7 Å². The normalized spacial score (nSPS) is 18.8. The minimum absolute atomic E-state index is 0.0335. The summed E-state index contributed by atoms with van der Waals surface area (Å²) in [5, 5.41) is 0.733. The molecule has 2 aromatic carbocycles. The molecule has 0 aromatic heterocycles. The molecular formula is C24H29Cl2NO6S. The zero-order valence-electron chi connectivity index (χ0n) is 19.4. The molecule has 2 aromatic rings. The van der Waals surface area contributed by atoms with Crippen molar-refractivity contribution >= 4 is 39.2 Å². The quantitative estimate of drug-likeness (QED) is 0.446. The van der Waals surface area contributed by atoms with E-state index >= 15 is 0 Å². The van der Waals surface area contributed by atoms with Gasteiger partial charge in [-0.15, -0.1) is 0 Å². The molecule has 1 saturated heterocycles. The molecule has 3 rings (SSSR count). The number of hydrogen-bond acceptors (Lipinski definition) is 6. The minimum atomic E-state index is -3.63. The van der Waals surface area contributed by atoms with E-state index in [9.17, 15) is 13.2 Å². The molecule has 0 bridgehead atoms. The lowest BCUT2D eigenvalue weighted by atomic mass is 9.88. The largest absolute Gasteiger partial charge is 0.491 e. The Hall–Kier alpha value is -1.84. The lowest BCUT2D eigenvalue weighted by Gasteiger charge is -2.43. The molecule has 1 fully saturated rings. The van der Waals surface area contributed by atoms with Gasteiger partial charge in [0.2, 0.25) is 5.91 Å². The molecule has 7 nitrogen and oxygen atoms in total. The third-order valence-corrected chi connectivity index (χ3v) is 6.75. The number of ether oxygens (including phenoxy) is 2. The fourth-order valence-electron chi connectivity index (χ4n) is 3.89. The Balaban J connectivity index is 1.81. The van der Waals surface area contributed by atoms with Crippen LogP contribution in [-0.2, 0) is 35.9 Å². The van der Waals surface area contributed by atoms with Crippen LogP contribution in [0, 0.1) is 0 Å². The molecule has 1 atom stereocenters. The van der Waals surface area contributed by atoms with Crippen molar-refractivity contribution < 1.29 is 26.9 Å². The molecule has 0 spiro atoms. The summed E-state index contributed by atoms with van der Waals surface area (Å²) in [7, 11) is -3.63. The van der Waals surface area contributed by atoms with Crippen molar-refractivity contribution in [3.05, 3.63) is 63.6 Å². The highest BCUT2D eigenvalue weighted by Gasteiger charge is 2.40. The van der Waals surface area contributed by atoms with E-state index in [1.165, 1.54) is 0 Å². The molecule has 10 heteroatoms. The zero-order valence-corrected chi connectivity index (χ0v) is 21.8. The molecule has 1 heterocycles. The van der Waals surface area contributed by atoms with Gasteiger partial charge in [-0.1, -0.05) is 41.4 Å². The second-order valence-corrected chi connectivity index (χ2v) is 11.0. The first kappa shape index (κ1) is 26.8. The molecule has 1 aliphatic rings. The van der Waals surface area contributed by atoms with Crippen molar-refractivity contribution in [1.29, 1.82) is 0 Å². The standard InChI is InChI=1S/C24H29Cl2NO6S/c1-17(2)33-20-6-4-5-18(13-20)14-23(28)27-10-12-31-24(16-27,9-11-32-34(3,29)30)19-7-8-21(25)22(26)15-19/h4-8,13,15,17H,9-12,14,16H2,1-3H3. The van der Waals surface area contributed by atoms with Crippen LogP contribution in [0.15, 0.2) is 42.5 Å². The van der Waals surface area contributed by atoms with Crippen molar-refractivity contribution in [2.24, 2.45) is 0 Å². The van der Waals surface area contributed by atoms with Crippen molar-refractivity contribution in [2.75, 3.05) is 32.6 Å². The number of carbonyl (C=O) groups excluding carboxylic acids is 1. The summed E-state index contributed by atoms with van der Waals surface area (Å²) < 4.78 is 39.9. The average molecular weight is 530 g/mol. The van der Waals surface area contributed by atoms with E-state index in [0.717, 1.165) is 11.8 Å². The lowest BCUT2D eigenvalue weighted by molar-refractivity contribution is -0.154. The SMILES string of the molecule is CC(C)Oc1cccc(CC(=O)N2CCOC(CCOS(C)(=O)=O)(c3ccc(Cl)c(Cl)c3)C2)c1. The van der Waals surface area contributed by atoms with Gasteiger partial charge in [0.1, 0.15) is 11.4 Å². The van der Waals surface area contributed by atoms with Crippen molar-refractivity contribution in [1.82, 2.24) is 4.90 Å². The number of nitrogens with zero attached hydrogens (tertiary/aromatic N) is 1. The highest BCUT2D eigenvalue weighted by Crippen LogP contribution is 2.37. The van der Waals surface area contributed by atoms with Gasteiger partial charge in [0, 0.05) is 13.0 Å². The predicted octanol–water partition coefficient (Wildman–Crippen LogP) is 4.44. The Morgan fingerprint density at radius 1 is 1.18 bits per heavy atom. The number of hydrogen-bond donors (Lipinski definition) is 0. The van der Waals surface area contributed by atoms with Gasteiger partial charge < -0.3 is 14.4 Å². The van der Waals surface area contributed by atoms with Gasteiger partial charge in [-0.2, -0.15) is 8.42 Å². The smallest absolute Gasteiger partial charge is 0.264 e. The van der Waals surface area contributed by atoms with Crippen LogP contribution in [0.5, 0.6) is 5.75 Å². The Morgan fingerprint density at radius 3 is 2.62 bits per heavy atom. The first-order valence-corrected chi connectivity index (χ1v) is 13.5. The molecule has 0 N–H and O–H groups in total. The summed E-state index contributed by atoms with van der Waals surface area (Å²) in [5.74, 6) is 0.642. The summed E-state index contributed by atoms with van der Waals surface area (Å²) >= 11 is 12.3. The van der Waals surface area contributed by atoms with Crippen LogP contribution >= 0.6 is 23.2 Å². The van der Waals surface area contributed by atoms with E-state index in [4.69, 9.17) is 36.9 Å². The topological polar surface area (TPSA) is 82.1 Å². The molecular weight excluding hydrogens is 501 g/mol. The fraction of sp³-hybridized carbons (Fsp3) is 0.458. The highest BCUT2D eigenvalue weighted by molar-refractivity contribution is 7.85. The van der Waals surface area contributed by atoms with Crippen LogP contribution < -0.4 is 4.74 Å². The van der Waals surface area contributed by atoms with Crippen molar-refractivity contribution in [2.45, 2.75) is 38.4 Å². The van der Waals surface area contributed by atoms with E-state index in [1.54, 1.807) is 23.1 Å². The maximum Gasteiger partial charge on any atom is 0.264 e. The Kier molecular flexibility index (Phi) is 8.87. The predicted molar refractivity (Wildman–Crippen MR) is 132 cm³/mol. The number of carbonyl (C=O) groups is 1. The molecule has 0 radical (unpaired) electrons. The first-order chi connectivity index (χ1) is 16.0. The van der Waals surface area contributed by atoms with E-state index in [-0.39, 0.29) is 44.6 Å². The second-order valence-electron chi connectivity index (χ2n) is 8.55. The second kappa shape index (κ2) is 11.3. The van der Waals surface area contributed by atoms with Gasteiger partial charge in [0.25, 0.3) is 10.1 Å². The summed E-state index contributed by atoms with van der Waals surface area (Å²) in [5.41, 5.74) is 0.550. The Morgan fingerprint density at radius 2 is 1.94 bits per heavy atom. The maximum absolute atomic E-state index is 13.2. The van der Waals surface area contributed by atoms with Crippen molar-refractivity contribution in [3.8, 4) is 5.75 Å². The molecule has 1 aliphatic heterocycles. The lowest BCUT2D eigenvalue weighted by Crippen LogP contribution is -2.52. The molecule has 1 unspecified atom stereocenters. The summed E-state index contributed by atoms with van der Waals surface area (Å²) in [6.45, 7) is 4.70. The van der Waals surface area contributed by atoms with E-state index in [0.29, 0.717) is 27.9 Å². The summed E-state index contributed by atoms with van der Waals surface area (Å²) in [4.78, 5) is 15.0. The van der Waals surface area contributed by atoms with Gasteiger partial charge >= 0.3 is 0 Å². The first-order valence-electron chi connectivity index (χ1n) is 10.9. The summed E-state index contributed by atoms with van der Waals surface area (Å²) in [6, 6.07) is 12.6. The van der Waals surface area contributed by atoms with E-state index in [2.05, 4.69) is 0 Å². The molecule has 0 saturated carbocycles. The molecule has 186 valence electrons. The van der Waals surface area contributed by atoms with Crippen LogP contribution in [0.1, 0.15) is 31.4 Å². The number of rotatable bonds is 9. The van der Waals surface area contributed by atoms with Crippen LogP contribution in [0.25, 0.3) is 0 Å². The highest BCUT2D eigenvalue weighted by atomic mass is 35.5. The number of benzene rings is 2. The van der Waals surface area contributed by atoms with Gasteiger partial charge in [0.05, 0.1) is 48.6 Å². The number of halogens is 2. The van der Waals surface area contributed by atoms with Crippen LogP contribution in [0.4, 0.5) is 0 Å². The van der Waals surface area contributed by atoms with E-state index in [1.807, 2.05) is 38.1 Å². The minimum Gasteiger partial charge on any atom is -0.491 e. The Labute approximate surface area is 211 Å². The molecule has 34 heavy (non-hydrogen) atoms. The molecule has 0 aliphatic carbocycles. The fourth-order valence-corrected chi connectivity index (χ4v) is 4.58. The maximum atomic E-state index is 13.2. The zero-order chi connectivity index (χ0) is 24.9. The van der Waals surface area contributed by atoms with Crippen molar-refractivity contribution in [3.63, 3.8) is 0 Å². The van der Waals surface area contributed by atoms with Gasteiger partial charge in [0.15, 0.2) is 0 Å². The third-order valence-electron chi connectivity index (χ3n) is 5.41. The van der Waals surface area contributed by atoms with Crippen LogP contribution in [-0.4, -0.2) is 57.9 Å². The average Bonchev–Trinajstić information content (AvgIpc) is 2.74.